The topological polar surface area (TPSA) is 124 Å². The van der Waals surface area contributed by atoms with Crippen molar-refractivity contribution in [1.29, 1.82) is 0 Å². The number of carbonyl (C=O) groups excluding carboxylic acids is 2. The van der Waals surface area contributed by atoms with Gasteiger partial charge in [0.15, 0.2) is 17.3 Å². The zero-order valence-corrected chi connectivity index (χ0v) is 28.7. The van der Waals surface area contributed by atoms with Crippen LogP contribution in [0.2, 0.25) is 5.02 Å². The summed E-state index contributed by atoms with van der Waals surface area (Å²) >= 11 is 6.10. The molecule has 0 aliphatic heterocycles. The minimum absolute atomic E-state index is 0.0432. The first-order valence-electron chi connectivity index (χ1n) is 15.7. The highest BCUT2D eigenvalue weighted by Gasteiger charge is 2.15. The molecule has 0 amide bonds. The molecule has 0 saturated heterocycles. The van der Waals surface area contributed by atoms with E-state index in [1.807, 2.05) is 26.0 Å². The number of aromatic nitrogens is 6. The van der Waals surface area contributed by atoms with Crippen molar-refractivity contribution in [3.63, 3.8) is 0 Å². The molecule has 0 N–H and O–H groups in total. The molecule has 0 saturated carbocycles. The van der Waals surface area contributed by atoms with Crippen molar-refractivity contribution in [2.45, 2.75) is 33.1 Å². The number of benzene rings is 2. The van der Waals surface area contributed by atoms with E-state index in [9.17, 15) is 18.4 Å². The summed E-state index contributed by atoms with van der Waals surface area (Å²) in [4.78, 5) is 50.9. The lowest BCUT2D eigenvalue weighted by Crippen LogP contribution is -2.12. The van der Waals surface area contributed by atoms with Crippen molar-refractivity contribution in [3.8, 4) is 11.5 Å². The Morgan fingerprint density at radius 1 is 0.765 bits per heavy atom. The molecule has 13 heteroatoms. The number of aryl methyl sites for hydroxylation is 2. The molecule has 0 atom stereocenters. The Balaban J connectivity index is 0.000000198. The third kappa shape index (κ3) is 10.2. The highest BCUT2D eigenvalue weighted by Crippen LogP contribution is 2.27. The van der Waals surface area contributed by atoms with E-state index in [2.05, 4.69) is 29.9 Å². The number of Topliss-reactive ketones (excluding diaryl/α,β-unsaturated/α-hetero) is 2. The zero-order valence-electron chi connectivity index (χ0n) is 27.9. The van der Waals surface area contributed by atoms with Crippen LogP contribution in [-0.4, -0.2) is 48.5 Å². The third-order valence-corrected chi connectivity index (χ3v) is 7.68. The maximum atomic E-state index is 14.0. The summed E-state index contributed by atoms with van der Waals surface area (Å²) in [7, 11) is 1.77. The second-order valence-electron chi connectivity index (χ2n) is 11.3. The van der Waals surface area contributed by atoms with Crippen LogP contribution in [0.25, 0.3) is 0 Å². The quantitative estimate of drug-likeness (QED) is 0.123. The van der Waals surface area contributed by atoms with E-state index in [4.69, 9.17) is 16.3 Å². The maximum Gasteiger partial charge on any atom is 0.169 e. The van der Waals surface area contributed by atoms with Crippen molar-refractivity contribution in [2.75, 3.05) is 11.9 Å². The predicted molar refractivity (Wildman–Crippen MR) is 189 cm³/mol. The average molecular weight is 708 g/mol. The Bertz CT molecular complexity index is 2140. The first kappa shape index (κ1) is 36.3. The Hall–Kier alpha value is -6.01. The molecule has 0 radical (unpaired) electrons. The normalized spacial score (nSPS) is 10.5. The number of anilines is 2. The summed E-state index contributed by atoms with van der Waals surface area (Å²) in [5.41, 5.74) is 4.49. The van der Waals surface area contributed by atoms with Crippen LogP contribution < -0.4 is 9.64 Å². The summed E-state index contributed by atoms with van der Waals surface area (Å²) in [6.45, 7) is 3.75. The van der Waals surface area contributed by atoms with Crippen LogP contribution in [0, 0.1) is 18.6 Å². The molecule has 258 valence electrons. The molecular weight excluding hydrogens is 676 g/mol. The number of hydrogen-bond donors (Lipinski definition) is 0. The number of carbonyl (C=O) groups is 2. The number of halogens is 3. The van der Waals surface area contributed by atoms with Crippen LogP contribution in [0.1, 0.15) is 50.3 Å². The van der Waals surface area contributed by atoms with Crippen molar-refractivity contribution in [3.05, 3.63) is 155 Å². The van der Waals surface area contributed by atoms with Crippen LogP contribution in [0.5, 0.6) is 11.5 Å². The monoisotopic (exact) mass is 707 g/mol. The maximum absolute atomic E-state index is 14.0. The molecule has 2 aromatic carbocycles. The largest absolute Gasteiger partial charge is 0.454 e. The van der Waals surface area contributed by atoms with Gasteiger partial charge in [0.1, 0.15) is 30.0 Å². The van der Waals surface area contributed by atoms with E-state index >= 15 is 0 Å². The van der Waals surface area contributed by atoms with Crippen molar-refractivity contribution in [2.24, 2.45) is 0 Å². The first-order chi connectivity index (χ1) is 24.6. The number of ether oxygens (including phenoxy) is 1. The molecule has 0 bridgehead atoms. The summed E-state index contributed by atoms with van der Waals surface area (Å²) in [5.74, 6) is -0.383. The van der Waals surface area contributed by atoms with Crippen LogP contribution >= 0.6 is 11.6 Å². The fraction of sp³-hybridized carbons (Fsp3) is 0.158. The summed E-state index contributed by atoms with van der Waals surface area (Å²) in [5, 5.41) is 0.365. The van der Waals surface area contributed by atoms with Gasteiger partial charge in [0.25, 0.3) is 0 Å². The molecule has 4 aromatic heterocycles. The van der Waals surface area contributed by atoms with Gasteiger partial charge >= 0.3 is 0 Å². The molecule has 10 nitrogen and oxygen atoms in total. The molecular formula is C38H32ClF2N7O3. The predicted octanol–water partition coefficient (Wildman–Crippen LogP) is 7.96. The molecule has 6 rings (SSSR count). The Labute approximate surface area is 298 Å². The molecule has 0 unspecified atom stereocenters. The van der Waals surface area contributed by atoms with E-state index in [1.54, 1.807) is 54.8 Å². The van der Waals surface area contributed by atoms with Gasteiger partial charge in [-0.3, -0.25) is 19.6 Å². The van der Waals surface area contributed by atoms with E-state index in [0.29, 0.717) is 62.5 Å². The summed E-state index contributed by atoms with van der Waals surface area (Å²) in [6, 6.07) is 15.6. The number of ketones is 2. The van der Waals surface area contributed by atoms with Gasteiger partial charge in [0.05, 0.1) is 49.0 Å². The second-order valence-corrected chi connectivity index (χ2v) is 11.8. The van der Waals surface area contributed by atoms with Crippen molar-refractivity contribution >= 4 is 34.5 Å². The smallest absolute Gasteiger partial charge is 0.169 e. The van der Waals surface area contributed by atoms with E-state index < -0.39 is 5.82 Å². The lowest BCUT2D eigenvalue weighted by Gasteiger charge is -2.19. The zero-order chi connectivity index (χ0) is 36.3. The SMILES string of the molecule is CCc1nc(CC(=O)c2cc(Cl)cc(Oc3cncnc3)c2)ccc1F.Cc1ccnc(CC(=O)c2cc(F)cc(N(C)c3cncnc3)c2)c1. The molecule has 0 aliphatic rings. The van der Waals surface area contributed by atoms with Crippen LogP contribution in [0.15, 0.2) is 104 Å². The molecule has 0 spiro atoms. The number of nitrogens with zero attached hydrogens (tertiary/aromatic N) is 7. The van der Waals surface area contributed by atoms with Crippen LogP contribution in [0.4, 0.5) is 20.2 Å². The molecule has 0 fully saturated rings. The fourth-order valence-corrected chi connectivity index (χ4v) is 5.13. The number of pyridine rings is 2. The molecule has 0 aliphatic carbocycles. The van der Waals surface area contributed by atoms with Gasteiger partial charge in [-0.05, 0) is 79.6 Å². The van der Waals surface area contributed by atoms with E-state index in [0.717, 1.165) is 5.56 Å². The lowest BCUT2D eigenvalue weighted by molar-refractivity contribution is 0.0983. The lowest BCUT2D eigenvalue weighted by atomic mass is 10.0. The third-order valence-electron chi connectivity index (χ3n) is 7.46. The van der Waals surface area contributed by atoms with Crippen molar-refractivity contribution in [1.82, 2.24) is 29.9 Å². The van der Waals surface area contributed by atoms with Gasteiger partial charge in [-0.1, -0.05) is 18.5 Å². The molecule has 6 aromatic rings. The summed E-state index contributed by atoms with van der Waals surface area (Å²) < 4.78 is 33.2. The summed E-state index contributed by atoms with van der Waals surface area (Å²) in [6.07, 6.45) is 11.4. The number of rotatable bonds is 11. The Morgan fingerprint density at radius 2 is 1.43 bits per heavy atom. The van der Waals surface area contributed by atoms with Crippen LogP contribution in [0.3, 0.4) is 0 Å². The van der Waals surface area contributed by atoms with E-state index in [-0.39, 0.29) is 30.2 Å². The van der Waals surface area contributed by atoms with Gasteiger partial charge in [0, 0.05) is 46.5 Å². The Morgan fingerprint density at radius 3 is 2.12 bits per heavy atom. The van der Waals surface area contributed by atoms with Crippen LogP contribution in [-0.2, 0) is 19.3 Å². The molecule has 4 heterocycles. The van der Waals surface area contributed by atoms with Gasteiger partial charge in [0.2, 0.25) is 0 Å². The average Bonchev–Trinajstić information content (AvgIpc) is 3.12. The van der Waals surface area contributed by atoms with Gasteiger partial charge in [-0.25, -0.2) is 28.7 Å². The van der Waals surface area contributed by atoms with Crippen molar-refractivity contribution < 1.29 is 23.1 Å². The standard InChI is InChI=1S/C19H15ClFN3O2.C19H17FN4O/c1-2-18-17(21)4-3-14(24-18)8-19(25)12-5-13(20)7-15(6-12)26-16-9-22-11-23-10-16;1-13-3-4-23-16(5-13)9-19(25)14-6-15(20)8-17(7-14)24(2)18-10-21-12-22-11-18/h3-7,9-11H,2,8H2,1H3;3-8,10-12H,9H2,1-2H3. The second kappa shape index (κ2) is 17.1. The fourth-order valence-electron chi connectivity index (χ4n) is 4.90. The Kier molecular flexibility index (Phi) is 12.1. The number of hydrogen-bond acceptors (Lipinski definition) is 10. The minimum Gasteiger partial charge on any atom is -0.454 e. The highest BCUT2D eigenvalue weighted by molar-refractivity contribution is 6.31. The molecule has 51 heavy (non-hydrogen) atoms. The van der Waals surface area contributed by atoms with Gasteiger partial charge in [-0.2, -0.15) is 0 Å². The van der Waals surface area contributed by atoms with E-state index in [1.165, 1.54) is 49.3 Å². The first-order valence-corrected chi connectivity index (χ1v) is 16.1. The van der Waals surface area contributed by atoms with Gasteiger partial charge in [-0.15, -0.1) is 0 Å². The minimum atomic E-state index is -0.471. The highest BCUT2D eigenvalue weighted by atomic mass is 35.5. The van der Waals surface area contributed by atoms with Gasteiger partial charge < -0.3 is 9.64 Å².